The maximum Gasteiger partial charge on any atom is 0.864 e. The average Bonchev–Trinajstić information content (AvgIpc) is 3.28. The first-order valence-corrected chi connectivity index (χ1v) is 25.1. The highest BCUT2D eigenvalue weighted by Gasteiger charge is 2.43. The smallest absolute Gasteiger partial charge is 0.489 e. The Hall–Kier alpha value is -3.55. The van der Waals surface area contributed by atoms with Crippen molar-refractivity contribution in [2.75, 3.05) is 19.6 Å². The van der Waals surface area contributed by atoms with Crippen LogP contribution in [0.4, 0.5) is 39.5 Å². The molecule has 0 fully saturated rings. The van der Waals surface area contributed by atoms with E-state index >= 15 is 13.2 Å². The standard InChI is InChI=1S/C52H76BF9NO3/c1-5-9-13-17-21-22-26-30-46(63(31-27-23-18-14-10-6-2,32-28-24-19-15-11-7-3)33-29-25-20-16-12-8-4)48-47(38-45(58)51(61)52(48)62)66-53(64-39-34-41(54)49(59)42(55)35-39)65-40-36-43(56)50(60)44(57)37-40/h34-38,46H,5-33H2,1-4H3/q+1. The van der Waals surface area contributed by atoms with Gasteiger partial charge in [-0.2, -0.15) is 0 Å². The summed E-state index contributed by atoms with van der Waals surface area (Å²) in [5, 5.41) is 0. The number of hydrogen-bond donors (Lipinski definition) is 0. The van der Waals surface area contributed by atoms with E-state index in [9.17, 15) is 26.3 Å². The zero-order chi connectivity index (χ0) is 48.3. The van der Waals surface area contributed by atoms with Crippen LogP contribution in [-0.2, 0) is 0 Å². The second kappa shape index (κ2) is 31.5. The molecule has 0 aliphatic rings. The first-order chi connectivity index (χ1) is 31.8. The summed E-state index contributed by atoms with van der Waals surface area (Å²) in [5.41, 5.74) is -0.284. The molecule has 0 aliphatic carbocycles. The first-order valence-electron chi connectivity index (χ1n) is 25.1. The molecule has 0 radical (unpaired) electrons. The largest absolute Gasteiger partial charge is 0.864 e. The number of quaternary nitrogens is 1. The van der Waals surface area contributed by atoms with Gasteiger partial charge in [-0.3, -0.25) is 0 Å². The topological polar surface area (TPSA) is 27.7 Å². The van der Waals surface area contributed by atoms with Gasteiger partial charge in [0.2, 0.25) is 0 Å². The van der Waals surface area contributed by atoms with E-state index in [1.807, 2.05) is 0 Å². The molecule has 0 aliphatic heterocycles. The average molecular weight is 945 g/mol. The van der Waals surface area contributed by atoms with Gasteiger partial charge in [-0.25, -0.2) is 39.5 Å². The molecule has 0 bridgehead atoms. The first kappa shape index (κ1) is 56.8. The number of nitrogens with zero attached hydrogens (tertiary/aromatic N) is 1. The minimum Gasteiger partial charge on any atom is -0.489 e. The molecule has 0 heterocycles. The highest BCUT2D eigenvalue weighted by atomic mass is 19.2. The van der Waals surface area contributed by atoms with Gasteiger partial charge in [-0.1, -0.05) is 143 Å². The van der Waals surface area contributed by atoms with Crippen molar-refractivity contribution in [1.29, 1.82) is 0 Å². The fourth-order valence-corrected chi connectivity index (χ4v) is 9.00. The predicted molar refractivity (Wildman–Crippen MR) is 247 cm³/mol. The quantitative estimate of drug-likeness (QED) is 0.0190. The Morgan fingerprint density at radius 2 is 0.697 bits per heavy atom. The summed E-state index contributed by atoms with van der Waals surface area (Å²) in [6.07, 6.45) is 25.1. The van der Waals surface area contributed by atoms with Crippen LogP contribution in [0.15, 0.2) is 30.3 Å². The zero-order valence-corrected chi connectivity index (χ0v) is 40.1. The van der Waals surface area contributed by atoms with Crippen LogP contribution in [-0.4, -0.2) is 31.4 Å². The van der Waals surface area contributed by atoms with E-state index in [0.717, 1.165) is 154 Å². The van der Waals surface area contributed by atoms with Gasteiger partial charge in [0, 0.05) is 36.8 Å². The fourth-order valence-electron chi connectivity index (χ4n) is 9.00. The predicted octanol–water partition coefficient (Wildman–Crippen LogP) is 17.5. The molecule has 3 rings (SSSR count). The monoisotopic (exact) mass is 945 g/mol. The van der Waals surface area contributed by atoms with E-state index < -0.39 is 83.0 Å². The lowest BCUT2D eigenvalue weighted by molar-refractivity contribution is -0.958. The second-order valence-corrected chi connectivity index (χ2v) is 18.1. The van der Waals surface area contributed by atoms with Crippen molar-refractivity contribution in [2.45, 2.75) is 201 Å². The molecular formula is C52H76BF9NO3+. The summed E-state index contributed by atoms with van der Waals surface area (Å²) in [7, 11) is -2.33. The third kappa shape index (κ3) is 18.9. The van der Waals surface area contributed by atoms with E-state index in [1.165, 1.54) is 0 Å². The van der Waals surface area contributed by atoms with Gasteiger partial charge in [0.25, 0.3) is 0 Å². The minimum atomic E-state index is -2.33. The molecule has 0 saturated carbocycles. The van der Waals surface area contributed by atoms with Crippen LogP contribution in [0.5, 0.6) is 17.2 Å². The molecule has 4 nitrogen and oxygen atoms in total. The van der Waals surface area contributed by atoms with Crippen LogP contribution in [0.1, 0.15) is 206 Å². The molecule has 14 heteroatoms. The van der Waals surface area contributed by atoms with Gasteiger partial charge in [0.15, 0.2) is 52.4 Å². The number of hydrogen-bond acceptors (Lipinski definition) is 3. The molecule has 0 aromatic heterocycles. The van der Waals surface area contributed by atoms with Gasteiger partial charge >= 0.3 is 7.32 Å². The van der Waals surface area contributed by atoms with Crippen LogP contribution < -0.4 is 14.0 Å². The van der Waals surface area contributed by atoms with E-state index in [2.05, 4.69) is 27.7 Å². The third-order valence-corrected chi connectivity index (χ3v) is 12.7. The normalized spacial score (nSPS) is 12.2. The molecule has 0 saturated heterocycles. The Kier molecular flexibility index (Phi) is 27.1. The maximum atomic E-state index is 17.1. The summed E-state index contributed by atoms with van der Waals surface area (Å²) in [6.45, 7) is 10.5. The van der Waals surface area contributed by atoms with Gasteiger partial charge in [0.05, 0.1) is 25.2 Å². The Morgan fingerprint density at radius 3 is 1.06 bits per heavy atom. The van der Waals surface area contributed by atoms with Crippen LogP contribution in [0.25, 0.3) is 0 Å². The molecule has 372 valence electrons. The zero-order valence-electron chi connectivity index (χ0n) is 40.1. The summed E-state index contributed by atoms with van der Waals surface area (Å²) in [5.74, 6) is -17.2. The summed E-state index contributed by atoms with van der Waals surface area (Å²) in [4.78, 5) is 0. The fraction of sp³-hybridized carbons (Fsp3) is 0.654. The number of benzene rings is 3. The maximum absolute atomic E-state index is 17.1. The van der Waals surface area contributed by atoms with Crippen molar-refractivity contribution in [2.24, 2.45) is 0 Å². The molecule has 66 heavy (non-hydrogen) atoms. The Labute approximate surface area is 390 Å². The highest BCUT2D eigenvalue weighted by Crippen LogP contribution is 2.43. The molecule has 0 spiro atoms. The Bertz CT molecular complexity index is 1690. The lowest BCUT2D eigenvalue weighted by atomic mass is 9.91. The van der Waals surface area contributed by atoms with Crippen molar-refractivity contribution < 1.29 is 58.0 Å². The molecule has 1 atom stereocenters. The molecular weight excluding hydrogens is 868 g/mol. The van der Waals surface area contributed by atoms with Gasteiger partial charge in [-0.15, -0.1) is 0 Å². The molecule has 3 aromatic carbocycles. The van der Waals surface area contributed by atoms with Crippen LogP contribution in [0.2, 0.25) is 0 Å². The SMILES string of the molecule is CCCCCCCCCC(c1c(OB(Oc2cc(F)c(F)c(F)c2)Oc2cc(F)c(F)c(F)c2)cc(F)c(F)c1F)[N+](CCCCCCCC)(CCCCCCCC)CCCCCCCC. The minimum absolute atomic E-state index is 0.284. The Balaban J connectivity index is 2.28. The van der Waals surface area contributed by atoms with Crippen molar-refractivity contribution in [3.05, 3.63) is 88.3 Å². The van der Waals surface area contributed by atoms with Crippen LogP contribution in [0.3, 0.4) is 0 Å². The number of rotatable bonds is 37. The van der Waals surface area contributed by atoms with E-state index in [-0.39, 0.29) is 5.56 Å². The molecule has 0 N–H and O–H groups in total. The van der Waals surface area contributed by atoms with Crippen LogP contribution in [0, 0.1) is 52.4 Å². The lowest BCUT2D eigenvalue weighted by Gasteiger charge is -2.46. The van der Waals surface area contributed by atoms with Crippen molar-refractivity contribution >= 4 is 7.32 Å². The van der Waals surface area contributed by atoms with Crippen molar-refractivity contribution in [3.8, 4) is 17.2 Å². The van der Waals surface area contributed by atoms with Gasteiger partial charge in [0.1, 0.15) is 23.3 Å². The van der Waals surface area contributed by atoms with Gasteiger partial charge < -0.3 is 18.4 Å². The molecule has 3 aromatic rings. The third-order valence-electron chi connectivity index (χ3n) is 12.7. The molecule has 0 amide bonds. The summed E-state index contributed by atoms with van der Waals surface area (Å²) in [6, 6.07) is 1.66. The molecule has 1 unspecified atom stereocenters. The Morgan fingerprint density at radius 1 is 0.379 bits per heavy atom. The highest BCUT2D eigenvalue weighted by molar-refractivity contribution is 6.39. The number of unbranched alkanes of at least 4 members (excludes halogenated alkanes) is 21. The van der Waals surface area contributed by atoms with E-state index in [4.69, 9.17) is 14.0 Å². The second-order valence-electron chi connectivity index (χ2n) is 18.1. The van der Waals surface area contributed by atoms with E-state index in [1.54, 1.807) is 0 Å². The number of halogens is 9. The summed E-state index contributed by atoms with van der Waals surface area (Å²) >= 11 is 0. The van der Waals surface area contributed by atoms with Gasteiger partial charge in [-0.05, 0) is 44.9 Å². The van der Waals surface area contributed by atoms with Crippen LogP contribution >= 0.6 is 0 Å². The lowest BCUT2D eigenvalue weighted by Crippen LogP contribution is -2.53. The van der Waals surface area contributed by atoms with Crippen molar-refractivity contribution in [1.82, 2.24) is 0 Å². The summed E-state index contributed by atoms with van der Waals surface area (Å²) < 4.78 is 152. The van der Waals surface area contributed by atoms with E-state index in [0.29, 0.717) is 67.3 Å². The van der Waals surface area contributed by atoms with Crippen molar-refractivity contribution in [3.63, 3.8) is 0 Å².